The number of para-hydroxylation sites is 1. The fourth-order valence-electron chi connectivity index (χ4n) is 2.52. The largest absolute Gasteiger partial charge is 0.497 e. The third-order valence-corrected chi connectivity index (χ3v) is 3.58. The Hall–Kier alpha value is -2.29. The zero-order valence-corrected chi connectivity index (χ0v) is 11.3. The van der Waals surface area contributed by atoms with Gasteiger partial charge in [0.25, 0.3) is 0 Å². The van der Waals surface area contributed by atoms with Crippen LogP contribution in [-0.4, -0.2) is 19.5 Å². The Morgan fingerprint density at radius 2 is 2.05 bits per heavy atom. The normalized spacial score (nSPS) is 17.2. The predicted molar refractivity (Wildman–Crippen MR) is 76.5 cm³/mol. The van der Waals surface area contributed by atoms with Gasteiger partial charge in [0.2, 0.25) is 0 Å². The van der Waals surface area contributed by atoms with Crippen molar-refractivity contribution in [3.05, 3.63) is 59.7 Å². The molecule has 0 radical (unpaired) electrons. The summed E-state index contributed by atoms with van der Waals surface area (Å²) in [5.74, 6) is 1.54. The van der Waals surface area contributed by atoms with Crippen molar-refractivity contribution in [3.63, 3.8) is 0 Å². The second-order valence-corrected chi connectivity index (χ2v) is 4.92. The minimum Gasteiger partial charge on any atom is -0.497 e. The summed E-state index contributed by atoms with van der Waals surface area (Å²) in [5, 5.41) is 0. The molecular formula is C17H16O3. The number of ether oxygens (including phenoxy) is 2. The smallest absolute Gasteiger partial charge is 0.173 e. The predicted octanol–water partition coefficient (Wildman–Crippen LogP) is 3.13. The lowest BCUT2D eigenvalue weighted by molar-refractivity contribution is 0.0830. The van der Waals surface area contributed by atoms with Gasteiger partial charge in [-0.25, -0.2) is 0 Å². The van der Waals surface area contributed by atoms with Crippen LogP contribution in [0.5, 0.6) is 11.5 Å². The molecule has 0 fully saturated rings. The van der Waals surface area contributed by atoms with Crippen LogP contribution in [0.1, 0.15) is 15.9 Å². The van der Waals surface area contributed by atoms with Crippen LogP contribution in [0.2, 0.25) is 0 Å². The number of hydrogen-bond donors (Lipinski definition) is 0. The molecule has 2 aromatic rings. The summed E-state index contributed by atoms with van der Waals surface area (Å²) in [6.07, 6.45) is 0.671. The van der Waals surface area contributed by atoms with Crippen LogP contribution in [0.25, 0.3) is 0 Å². The summed E-state index contributed by atoms with van der Waals surface area (Å²) in [4.78, 5) is 12.5. The Bertz CT molecular complexity index is 634. The van der Waals surface area contributed by atoms with Gasteiger partial charge >= 0.3 is 0 Å². The van der Waals surface area contributed by atoms with E-state index in [0.29, 0.717) is 24.3 Å². The molecule has 1 unspecified atom stereocenters. The van der Waals surface area contributed by atoms with Crippen molar-refractivity contribution in [1.82, 2.24) is 0 Å². The van der Waals surface area contributed by atoms with E-state index in [1.807, 2.05) is 48.5 Å². The third kappa shape index (κ3) is 2.39. The van der Waals surface area contributed by atoms with Gasteiger partial charge in [-0.05, 0) is 36.2 Å². The van der Waals surface area contributed by atoms with Crippen molar-refractivity contribution in [2.75, 3.05) is 13.7 Å². The first-order valence-corrected chi connectivity index (χ1v) is 6.67. The lowest BCUT2D eigenvalue weighted by Crippen LogP contribution is -2.29. The monoisotopic (exact) mass is 268 g/mol. The van der Waals surface area contributed by atoms with Gasteiger partial charge in [0, 0.05) is 0 Å². The lowest BCUT2D eigenvalue weighted by atomic mass is 9.89. The molecule has 0 saturated heterocycles. The summed E-state index contributed by atoms with van der Waals surface area (Å²) >= 11 is 0. The molecule has 1 aliphatic heterocycles. The quantitative estimate of drug-likeness (QED) is 0.858. The maximum atomic E-state index is 12.5. The highest BCUT2D eigenvalue weighted by Gasteiger charge is 2.28. The van der Waals surface area contributed by atoms with Crippen molar-refractivity contribution in [2.24, 2.45) is 5.92 Å². The minimum atomic E-state index is -0.128. The number of hydrogen-bond acceptors (Lipinski definition) is 3. The van der Waals surface area contributed by atoms with Crippen molar-refractivity contribution < 1.29 is 14.3 Å². The molecule has 3 rings (SSSR count). The number of rotatable bonds is 3. The molecule has 1 atom stereocenters. The van der Waals surface area contributed by atoms with Gasteiger partial charge in [-0.1, -0.05) is 24.3 Å². The maximum Gasteiger partial charge on any atom is 0.173 e. The van der Waals surface area contributed by atoms with Crippen molar-refractivity contribution in [3.8, 4) is 11.5 Å². The summed E-state index contributed by atoms with van der Waals surface area (Å²) in [6, 6.07) is 15.2. The lowest BCUT2D eigenvalue weighted by Gasteiger charge is -2.24. The van der Waals surface area contributed by atoms with Crippen LogP contribution in [0.3, 0.4) is 0 Å². The summed E-state index contributed by atoms with van der Waals surface area (Å²) in [5.41, 5.74) is 1.78. The summed E-state index contributed by atoms with van der Waals surface area (Å²) < 4.78 is 10.9. The first-order chi connectivity index (χ1) is 9.78. The van der Waals surface area contributed by atoms with E-state index in [9.17, 15) is 4.79 Å². The molecule has 0 spiro atoms. The number of carbonyl (C=O) groups excluding carboxylic acids is 1. The third-order valence-electron chi connectivity index (χ3n) is 3.58. The van der Waals surface area contributed by atoms with Crippen molar-refractivity contribution in [1.29, 1.82) is 0 Å². The van der Waals surface area contributed by atoms with E-state index in [4.69, 9.17) is 9.47 Å². The molecule has 20 heavy (non-hydrogen) atoms. The highest BCUT2D eigenvalue weighted by molar-refractivity contribution is 6.01. The number of benzene rings is 2. The summed E-state index contributed by atoms with van der Waals surface area (Å²) in [6.45, 7) is 0.438. The van der Waals surface area contributed by atoms with E-state index in [1.54, 1.807) is 7.11 Å². The van der Waals surface area contributed by atoms with Crippen LogP contribution >= 0.6 is 0 Å². The SMILES string of the molecule is COc1cccc(CC2COc3ccccc3C2=O)c1. The van der Waals surface area contributed by atoms with Gasteiger partial charge in [-0.15, -0.1) is 0 Å². The first kappa shape index (κ1) is 12.7. The molecule has 102 valence electrons. The van der Waals surface area contributed by atoms with Crippen molar-refractivity contribution in [2.45, 2.75) is 6.42 Å². The van der Waals surface area contributed by atoms with E-state index in [1.165, 1.54) is 0 Å². The van der Waals surface area contributed by atoms with E-state index in [-0.39, 0.29) is 11.7 Å². The fourth-order valence-corrected chi connectivity index (χ4v) is 2.52. The molecule has 1 aliphatic rings. The molecule has 0 aliphatic carbocycles. The number of fused-ring (bicyclic) bond motifs is 1. The average Bonchev–Trinajstić information content (AvgIpc) is 2.50. The van der Waals surface area contributed by atoms with E-state index in [0.717, 1.165) is 11.3 Å². The minimum absolute atomic E-state index is 0.128. The molecule has 0 amide bonds. The molecule has 2 aromatic carbocycles. The number of Topliss-reactive ketones (excluding diaryl/α,β-unsaturated/α-hetero) is 1. The molecule has 0 saturated carbocycles. The maximum absolute atomic E-state index is 12.5. The van der Waals surface area contributed by atoms with E-state index >= 15 is 0 Å². The van der Waals surface area contributed by atoms with Gasteiger partial charge in [0.05, 0.1) is 25.2 Å². The zero-order valence-electron chi connectivity index (χ0n) is 11.3. The molecule has 0 aromatic heterocycles. The zero-order chi connectivity index (χ0) is 13.9. The first-order valence-electron chi connectivity index (χ1n) is 6.67. The van der Waals surface area contributed by atoms with Crippen LogP contribution in [0, 0.1) is 5.92 Å². The molecular weight excluding hydrogens is 252 g/mol. The van der Waals surface area contributed by atoms with E-state index in [2.05, 4.69) is 0 Å². The molecule has 3 heteroatoms. The van der Waals surface area contributed by atoms with Crippen LogP contribution in [0.4, 0.5) is 0 Å². The summed E-state index contributed by atoms with van der Waals surface area (Å²) in [7, 11) is 1.64. The van der Waals surface area contributed by atoms with Gasteiger partial charge < -0.3 is 9.47 Å². The Morgan fingerprint density at radius 3 is 2.90 bits per heavy atom. The number of carbonyl (C=O) groups is 1. The Kier molecular flexibility index (Phi) is 3.42. The van der Waals surface area contributed by atoms with Gasteiger partial charge in [0.1, 0.15) is 11.5 Å². The molecule has 0 bridgehead atoms. The Labute approximate surface area is 118 Å². The highest BCUT2D eigenvalue weighted by atomic mass is 16.5. The molecule has 0 N–H and O–H groups in total. The standard InChI is InChI=1S/C17H16O3/c1-19-14-6-4-5-12(10-14)9-13-11-20-16-8-3-2-7-15(16)17(13)18/h2-8,10,13H,9,11H2,1H3. The molecule has 3 nitrogen and oxygen atoms in total. The topological polar surface area (TPSA) is 35.5 Å². The number of ketones is 1. The van der Waals surface area contributed by atoms with Gasteiger partial charge in [-0.3, -0.25) is 4.79 Å². The van der Waals surface area contributed by atoms with Crippen LogP contribution in [-0.2, 0) is 6.42 Å². The van der Waals surface area contributed by atoms with Gasteiger partial charge in [-0.2, -0.15) is 0 Å². The highest BCUT2D eigenvalue weighted by Crippen LogP contribution is 2.29. The fraction of sp³-hybridized carbons (Fsp3) is 0.235. The second kappa shape index (κ2) is 5.37. The second-order valence-electron chi connectivity index (χ2n) is 4.92. The van der Waals surface area contributed by atoms with E-state index < -0.39 is 0 Å². The van der Waals surface area contributed by atoms with Crippen LogP contribution in [0.15, 0.2) is 48.5 Å². The number of methoxy groups -OCH3 is 1. The van der Waals surface area contributed by atoms with Crippen LogP contribution < -0.4 is 9.47 Å². The Morgan fingerprint density at radius 1 is 1.20 bits per heavy atom. The van der Waals surface area contributed by atoms with Crippen molar-refractivity contribution >= 4 is 5.78 Å². The average molecular weight is 268 g/mol. The molecule has 1 heterocycles. The van der Waals surface area contributed by atoms with Gasteiger partial charge in [0.15, 0.2) is 5.78 Å². The Balaban J connectivity index is 1.81.